The predicted octanol–water partition coefficient (Wildman–Crippen LogP) is 5.23. The third-order valence-corrected chi connectivity index (χ3v) is 3.69. The first-order valence-corrected chi connectivity index (χ1v) is 6.69. The lowest BCUT2D eigenvalue weighted by molar-refractivity contribution is 0.101. The van der Waals surface area contributed by atoms with E-state index in [4.69, 9.17) is 0 Å². The second kappa shape index (κ2) is 4.61. The molecule has 0 atom stereocenters. The Balaban J connectivity index is 2.27. The molecule has 98 valence electrons. The van der Waals surface area contributed by atoms with Crippen molar-refractivity contribution in [2.45, 2.75) is 13.8 Å². The van der Waals surface area contributed by atoms with Gasteiger partial charge in [0.05, 0.1) is 0 Å². The van der Waals surface area contributed by atoms with Crippen molar-refractivity contribution in [2.75, 3.05) is 0 Å². The molecule has 0 bridgehead atoms. The van der Waals surface area contributed by atoms with Crippen molar-refractivity contribution in [1.82, 2.24) is 0 Å². The zero-order chi connectivity index (χ0) is 14.3. The molecule has 1 heteroatoms. The number of benzene rings is 3. The summed E-state index contributed by atoms with van der Waals surface area (Å²) in [4.78, 5) is 11.5. The normalized spacial score (nSPS) is 10.9. The first-order valence-electron chi connectivity index (χ1n) is 6.69. The Bertz CT molecular complexity index is 783. The van der Waals surface area contributed by atoms with E-state index in [1.54, 1.807) is 6.92 Å². The Morgan fingerprint density at radius 1 is 0.750 bits per heavy atom. The van der Waals surface area contributed by atoms with Gasteiger partial charge in [-0.25, -0.2) is 0 Å². The monoisotopic (exact) mass is 260 g/mol. The van der Waals surface area contributed by atoms with Crippen LogP contribution in [0, 0.1) is 0 Å². The van der Waals surface area contributed by atoms with Gasteiger partial charge in [-0.3, -0.25) is 4.79 Å². The molecule has 0 saturated carbocycles. The summed E-state index contributed by atoms with van der Waals surface area (Å²) >= 11 is 0. The molecule has 0 saturated heterocycles. The van der Waals surface area contributed by atoms with Gasteiger partial charge in [0, 0.05) is 5.56 Å². The van der Waals surface area contributed by atoms with Crippen LogP contribution < -0.4 is 0 Å². The fourth-order valence-electron chi connectivity index (χ4n) is 2.48. The van der Waals surface area contributed by atoms with Gasteiger partial charge < -0.3 is 0 Å². The van der Waals surface area contributed by atoms with Gasteiger partial charge in [0.2, 0.25) is 0 Å². The highest BCUT2D eigenvalue weighted by Gasteiger charge is 2.04. The summed E-state index contributed by atoms with van der Waals surface area (Å²) in [5.74, 6) is 0.102. The van der Waals surface area contributed by atoms with Gasteiger partial charge in [0.15, 0.2) is 5.78 Å². The lowest BCUT2D eigenvalue weighted by Crippen LogP contribution is -1.91. The molecule has 0 radical (unpaired) electrons. The zero-order valence-corrected chi connectivity index (χ0v) is 11.7. The molecule has 0 aliphatic rings. The van der Waals surface area contributed by atoms with Crippen molar-refractivity contribution in [3.05, 3.63) is 66.2 Å². The summed E-state index contributed by atoms with van der Waals surface area (Å²) in [7, 11) is 0. The summed E-state index contributed by atoms with van der Waals surface area (Å²) in [6, 6.07) is 16.5. The van der Waals surface area contributed by atoms with E-state index in [1.807, 2.05) is 25.1 Å². The number of hydrogen-bond acceptors (Lipinski definition) is 1. The topological polar surface area (TPSA) is 17.1 Å². The highest BCUT2D eigenvalue weighted by molar-refractivity contribution is 6.03. The van der Waals surface area contributed by atoms with Gasteiger partial charge in [-0.05, 0) is 65.2 Å². The second-order valence-corrected chi connectivity index (χ2v) is 5.31. The summed E-state index contributed by atoms with van der Waals surface area (Å²) in [6.45, 7) is 7.60. The summed E-state index contributed by atoms with van der Waals surface area (Å²) in [6.07, 6.45) is 0. The van der Waals surface area contributed by atoms with Gasteiger partial charge in [0.1, 0.15) is 0 Å². The minimum Gasteiger partial charge on any atom is -0.295 e. The van der Waals surface area contributed by atoms with Crippen molar-refractivity contribution < 1.29 is 4.79 Å². The molecule has 0 aliphatic carbocycles. The van der Waals surface area contributed by atoms with Crippen LogP contribution in [0.4, 0.5) is 0 Å². The molecular weight excluding hydrogens is 244 g/mol. The number of carbonyl (C=O) groups excluding carboxylic acids is 1. The minimum atomic E-state index is 0.102. The molecule has 0 unspecified atom stereocenters. The fraction of sp³-hybridized carbons (Fsp3) is 0.105. The first-order chi connectivity index (χ1) is 9.54. The number of ketones is 1. The largest absolute Gasteiger partial charge is 0.295 e. The molecule has 0 amide bonds. The van der Waals surface area contributed by atoms with Gasteiger partial charge in [-0.1, -0.05) is 36.4 Å². The van der Waals surface area contributed by atoms with Crippen LogP contribution >= 0.6 is 0 Å². The molecule has 0 fully saturated rings. The number of carbonyl (C=O) groups is 1. The van der Waals surface area contributed by atoms with Gasteiger partial charge >= 0.3 is 0 Å². The van der Waals surface area contributed by atoms with Crippen LogP contribution in [0.5, 0.6) is 0 Å². The smallest absolute Gasteiger partial charge is 0.159 e. The SMILES string of the molecule is C=C(C)c1ccc2cc3cc(C(C)=O)ccc3cc2c1. The highest BCUT2D eigenvalue weighted by Crippen LogP contribution is 2.26. The summed E-state index contributed by atoms with van der Waals surface area (Å²) in [5, 5.41) is 4.64. The van der Waals surface area contributed by atoms with E-state index in [9.17, 15) is 4.79 Å². The maximum absolute atomic E-state index is 11.5. The Morgan fingerprint density at radius 2 is 1.25 bits per heavy atom. The van der Waals surface area contributed by atoms with Crippen LogP contribution in [0.3, 0.4) is 0 Å². The van der Waals surface area contributed by atoms with Crippen molar-refractivity contribution in [2.24, 2.45) is 0 Å². The van der Waals surface area contributed by atoms with E-state index in [0.29, 0.717) is 0 Å². The highest BCUT2D eigenvalue weighted by atomic mass is 16.1. The van der Waals surface area contributed by atoms with Crippen LogP contribution in [0.1, 0.15) is 29.8 Å². The molecule has 20 heavy (non-hydrogen) atoms. The summed E-state index contributed by atoms with van der Waals surface area (Å²) < 4.78 is 0. The van der Waals surface area contributed by atoms with Gasteiger partial charge in [-0.2, -0.15) is 0 Å². The molecule has 0 heterocycles. The number of Topliss-reactive ketones (excluding diaryl/α,β-unsaturated/α-hetero) is 1. The minimum absolute atomic E-state index is 0.102. The Hall–Kier alpha value is -2.41. The van der Waals surface area contributed by atoms with Crippen LogP contribution in [0.15, 0.2) is 55.1 Å². The molecular formula is C19H16O. The van der Waals surface area contributed by atoms with E-state index < -0.39 is 0 Å². The number of fused-ring (bicyclic) bond motifs is 2. The molecule has 3 aromatic rings. The average Bonchev–Trinajstić information content (AvgIpc) is 2.43. The van der Waals surface area contributed by atoms with E-state index >= 15 is 0 Å². The molecule has 0 spiro atoms. The molecule has 0 aromatic heterocycles. The van der Waals surface area contributed by atoms with Crippen molar-refractivity contribution in [3.63, 3.8) is 0 Å². The van der Waals surface area contributed by atoms with E-state index in [1.165, 1.54) is 10.8 Å². The molecule has 3 aromatic carbocycles. The predicted molar refractivity (Wildman–Crippen MR) is 86.2 cm³/mol. The van der Waals surface area contributed by atoms with Crippen LogP contribution in [0.2, 0.25) is 0 Å². The van der Waals surface area contributed by atoms with Gasteiger partial charge in [-0.15, -0.1) is 0 Å². The number of allylic oxidation sites excluding steroid dienone is 1. The van der Waals surface area contributed by atoms with Gasteiger partial charge in [0.25, 0.3) is 0 Å². The van der Waals surface area contributed by atoms with E-state index in [0.717, 1.165) is 27.5 Å². The maximum atomic E-state index is 11.5. The molecule has 0 aliphatic heterocycles. The Morgan fingerprint density at radius 3 is 1.75 bits per heavy atom. The van der Waals surface area contributed by atoms with Crippen LogP contribution in [-0.2, 0) is 0 Å². The number of hydrogen-bond donors (Lipinski definition) is 0. The third kappa shape index (κ3) is 2.12. The molecule has 3 rings (SSSR count). The standard InChI is InChI=1S/C19H16O/c1-12(2)14-4-6-16-11-19-9-15(13(3)20)5-7-17(19)10-18(16)8-14/h4-11H,1H2,2-3H3. The average molecular weight is 260 g/mol. The summed E-state index contributed by atoms with van der Waals surface area (Å²) in [5.41, 5.74) is 2.99. The van der Waals surface area contributed by atoms with E-state index in [-0.39, 0.29) is 5.78 Å². The maximum Gasteiger partial charge on any atom is 0.159 e. The van der Waals surface area contributed by atoms with Crippen molar-refractivity contribution in [3.8, 4) is 0 Å². The van der Waals surface area contributed by atoms with Crippen LogP contribution in [0.25, 0.3) is 27.1 Å². The van der Waals surface area contributed by atoms with Crippen molar-refractivity contribution >= 4 is 32.9 Å². The molecule has 1 nitrogen and oxygen atoms in total. The Kier molecular flexibility index (Phi) is 2.90. The Labute approximate surface area is 118 Å². The third-order valence-electron chi connectivity index (χ3n) is 3.69. The molecule has 0 N–H and O–H groups in total. The number of rotatable bonds is 2. The van der Waals surface area contributed by atoms with Crippen molar-refractivity contribution in [1.29, 1.82) is 0 Å². The first kappa shape index (κ1) is 12.6. The zero-order valence-electron chi connectivity index (χ0n) is 11.7. The fourth-order valence-corrected chi connectivity index (χ4v) is 2.48. The lowest BCUT2D eigenvalue weighted by Gasteiger charge is -2.06. The second-order valence-electron chi connectivity index (χ2n) is 5.31. The lowest BCUT2D eigenvalue weighted by atomic mass is 9.98. The van der Waals surface area contributed by atoms with Crippen LogP contribution in [-0.4, -0.2) is 5.78 Å². The quantitative estimate of drug-likeness (QED) is 0.455. The van der Waals surface area contributed by atoms with E-state index in [2.05, 4.69) is 36.9 Å².